The highest BCUT2D eigenvalue weighted by atomic mass is 32.1. The normalized spacial score (nSPS) is 10.5. The van der Waals surface area contributed by atoms with E-state index in [1.165, 1.54) is 23.5 Å². The van der Waals surface area contributed by atoms with Gasteiger partial charge in [-0.3, -0.25) is 4.79 Å². The van der Waals surface area contributed by atoms with Gasteiger partial charge >= 0.3 is 5.97 Å². The third kappa shape index (κ3) is 3.88. The summed E-state index contributed by atoms with van der Waals surface area (Å²) in [6, 6.07) is 10.3. The number of thiazole rings is 1. The Labute approximate surface area is 142 Å². The molecule has 0 unspecified atom stereocenters. The van der Waals surface area contributed by atoms with E-state index in [9.17, 15) is 9.59 Å². The van der Waals surface area contributed by atoms with E-state index in [1.54, 1.807) is 12.1 Å². The zero-order chi connectivity index (χ0) is 16.9. The smallest absolute Gasteiger partial charge is 0.335 e. The third-order valence-corrected chi connectivity index (χ3v) is 4.30. The molecule has 7 heteroatoms. The molecule has 2 heterocycles. The molecule has 0 aliphatic heterocycles. The van der Waals surface area contributed by atoms with E-state index in [0.29, 0.717) is 6.54 Å². The Balaban J connectivity index is 1.53. The first-order valence-corrected chi connectivity index (χ1v) is 8.16. The number of rotatable bonds is 6. The summed E-state index contributed by atoms with van der Waals surface area (Å²) in [4.78, 5) is 27.2. The van der Waals surface area contributed by atoms with E-state index < -0.39 is 5.97 Å². The number of nitrogens with zero attached hydrogens (tertiary/aromatic N) is 2. The van der Waals surface area contributed by atoms with Gasteiger partial charge in [0.05, 0.1) is 17.7 Å². The van der Waals surface area contributed by atoms with Crippen LogP contribution in [0, 0.1) is 0 Å². The Hall–Kier alpha value is -2.93. The van der Waals surface area contributed by atoms with Gasteiger partial charge in [-0.2, -0.15) is 0 Å². The molecule has 0 saturated carbocycles. The van der Waals surface area contributed by atoms with Crippen molar-refractivity contribution in [3.05, 3.63) is 71.0 Å². The zero-order valence-electron chi connectivity index (χ0n) is 12.7. The van der Waals surface area contributed by atoms with Crippen molar-refractivity contribution in [1.29, 1.82) is 0 Å². The van der Waals surface area contributed by atoms with Gasteiger partial charge in [-0.05, 0) is 29.8 Å². The fourth-order valence-corrected chi connectivity index (χ4v) is 2.94. The highest BCUT2D eigenvalue weighted by molar-refractivity contribution is 7.12. The van der Waals surface area contributed by atoms with Crippen molar-refractivity contribution in [2.24, 2.45) is 0 Å². The molecule has 1 aromatic carbocycles. The number of hydrogen-bond donors (Lipinski definition) is 2. The molecule has 6 nitrogen and oxygen atoms in total. The minimum absolute atomic E-state index is 0.123. The maximum absolute atomic E-state index is 12.0. The molecule has 1 amide bonds. The second kappa shape index (κ2) is 7.10. The van der Waals surface area contributed by atoms with Crippen LogP contribution in [0.4, 0.5) is 0 Å². The predicted molar refractivity (Wildman–Crippen MR) is 90.4 cm³/mol. The van der Waals surface area contributed by atoms with Gasteiger partial charge in [-0.1, -0.05) is 12.1 Å². The lowest BCUT2D eigenvalue weighted by Gasteiger charge is -2.05. The van der Waals surface area contributed by atoms with E-state index in [0.717, 1.165) is 16.4 Å². The van der Waals surface area contributed by atoms with Crippen molar-refractivity contribution in [3.63, 3.8) is 0 Å². The minimum Gasteiger partial charge on any atom is -0.478 e. The molecule has 122 valence electrons. The van der Waals surface area contributed by atoms with E-state index in [2.05, 4.69) is 10.3 Å². The summed E-state index contributed by atoms with van der Waals surface area (Å²) in [6.07, 6.45) is 4.03. The molecule has 0 atom stereocenters. The standard InChI is InChI=1S/C17H15N3O3S/c21-15(18-10-12-3-5-13(6-4-12)16(22)23)9-14-11-24-17(19-14)20-7-1-2-8-20/h1-8,11H,9-10H2,(H,18,21)(H,22,23). The van der Waals surface area contributed by atoms with E-state index in [4.69, 9.17) is 5.11 Å². The number of amides is 1. The van der Waals surface area contributed by atoms with Crippen LogP contribution in [0.1, 0.15) is 21.6 Å². The van der Waals surface area contributed by atoms with Crippen molar-refractivity contribution in [2.75, 3.05) is 0 Å². The first kappa shape index (κ1) is 15.9. The Kier molecular flexibility index (Phi) is 4.72. The van der Waals surface area contributed by atoms with E-state index in [1.807, 2.05) is 34.5 Å². The zero-order valence-corrected chi connectivity index (χ0v) is 13.5. The highest BCUT2D eigenvalue weighted by Gasteiger charge is 2.09. The molecule has 0 saturated heterocycles. The summed E-state index contributed by atoms with van der Waals surface area (Å²) < 4.78 is 1.90. The minimum atomic E-state index is -0.965. The Morgan fingerprint density at radius 1 is 1.17 bits per heavy atom. The summed E-state index contributed by atoms with van der Waals surface area (Å²) >= 11 is 1.48. The van der Waals surface area contributed by atoms with E-state index in [-0.39, 0.29) is 17.9 Å². The molecule has 0 radical (unpaired) electrons. The van der Waals surface area contributed by atoms with Crippen LogP contribution in [0.2, 0.25) is 0 Å². The van der Waals surface area contributed by atoms with Crippen molar-refractivity contribution in [2.45, 2.75) is 13.0 Å². The molecule has 0 spiro atoms. The lowest BCUT2D eigenvalue weighted by Crippen LogP contribution is -2.24. The number of carboxylic acids is 1. The quantitative estimate of drug-likeness (QED) is 0.721. The summed E-state index contributed by atoms with van der Waals surface area (Å²) in [5.41, 5.74) is 1.80. The van der Waals surface area contributed by atoms with Gasteiger partial charge in [0.1, 0.15) is 0 Å². The van der Waals surface area contributed by atoms with Crippen LogP contribution >= 0.6 is 11.3 Å². The maximum atomic E-state index is 12.0. The highest BCUT2D eigenvalue weighted by Crippen LogP contribution is 2.15. The molecule has 24 heavy (non-hydrogen) atoms. The first-order chi connectivity index (χ1) is 11.6. The Morgan fingerprint density at radius 2 is 1.88 bits per heavy atom. The van der Waals surface area contributed by atoms with Gasteiger partial charge in [0.25, 0.3) is 0 Å². The SMILES string of the molecule is O=C(Cc1csc(-n2cccc2)n1)NCc1ccc(C(=O)O)cc1. The number of carbonyl (C=O) groups is 2. The second-order valence-electron chi connectivity index (χ2n) is 5.17. The van der Waals surface area contributed by atoms with Crippen LogP contribution in [0.25, 0.3) is 5.13 Å². The predicted octanol–water partition coefficient (Wildman–Crippen LogP) is 2.49. The molecule has 0 bridgehead atoms. The number of aromatic carboxylic acids is 1. The summed E-state index contributed by atoms with van der Waals surface area (Å²) in [5, 5.41) is 14.4. The lowest BCUT2D eigenvalue weighted by molar-refractivity contribution is -0.120. The largest absolute Gasteiger partial charge is 0.478 e. The molecular weight excluding hydrogens is 326 g/mol. The third-order valence-electron chi connectivity index (χ3n) is 3.40. The monoisotopic (exact) mass is 341 g/mol. The maximum Gasteiger partial charge on any atom is 0.335 e. The van der Waals surface area contributed by atoms with Crippen LogP contribution < -0.4 is 5.32 Å². The molecule has 0 fully saturated rings. The van der Waals surface area contributed by atoms with Crippen LogP contribution in [-0.4, -0.2) is 26.5 Å². The fourth-order valence-electron chi connectivity index (χ4n) is 2.15. The molecule has 0 aliphatic carbocycles. The van der Waals surface area contributed by atoms with Gasteiger partial charge in [-0.25, -0.2) is 9.78 Å². The number of hydrogen-bond acceptors (Lipinski definition) is 4. The molecule has 3 rings (SSSR count). The van der Waals surface area contributed by atoms with Gasteiger partial charge < -0.3 is 15.0 Å². The first-order valence-electron chi connectivity index (χ1n) is 7.28. The number of aromatic nitrogens is 2. The average Bonchev–Trinajstić information content (AvgIpc) is 3.24. The topological polar surface area (TPSA) is 84.2 Å². The number of benzene rings is 1. The average molecular weight is 341 g/mol. The van der Waals surface area contributed by atoms with Gasteiger partial charge in [0, 0.05) is 24.3 Å². The molecule has 0 aliphatic rings. The second-order valence-corrected chi connectivity index (χ2v) is 6.00. The van der Waals surface area contributed by atoms with Crippen LogP contribution in [0.5, 0.6) is 0 Å². The van der Waals surface area contributed by atoms with Gasteiger partial charge in [-0.15, -0.1) is 11.3 Å². The lowest BCUT2D eigenvalue weighted by atomic mass is 10.1. The Bertz CT molecular complexity index is 838. The van der Waals surface area contributed by atoms with Crippen molar-refractivity contribution in [1.82, 2.24) is 14.9 Å². The summed E-state index contributed by atoms with van der Waals surface area (Å²) in [7, 11) is 0. The number of carboxylic acid groups (broad SMARTS) is 1. The van der Waals surface area contributed by atoms with Crippen molar-refractivity contribution in [3.8, 4) is 5.13 Å². The van der Waals surface area contributed by atoms with Crippen molar-refractivity contribution >= 4 is 23.2 Å². The van der Waals surface area contributed by atoms with Gasteiger partial charge in [0.2, 0.25) is 5.91 Å². The molecule has 2 N–H and O–H groups in total. The summed E-state index contributed by atoms with van der Waals surface area (Å²) in [6.45, 7) is 0.354. The summed E-state index contributed by atoms with van der Waals surface area (Å²) in [5.74, 6) is -1.09. The Morgan fingerprint density at radius 3 is 2.54 bits per heavy atom. The number of carbonyl (C=O) groups excluding carboxylic acids is 1. The van der Waals surface area contributed by atoms with Crippen LogP contribution in [-0.2, 0) is 17.8 Å². The van der Waals surface area contributed by atoms with Crippen molar-refractivity contribution < 1.29 is 14.7 Å². The molecule has 2 aromatic heterocycles. The molecular formula is C17H15N3O3S. The molecule has 3 aromatic rings. The number of nitrogens with one attached hydrogen (secondary N) is 1. The van der Waals surface area contributed by atoms with Crippen LogP contribution in [0.15, 0.2) is 54.2 Å². The van der Waals surface area contributed by atoms with Crippen LogP contribution in [0.3, 0.4) is 0 Å². The van der Waals surface area contributed by atoms with E-state index >= 15 is 0 Å². The van der Waals surface area contributed by atoms with Gasteiger partial charge in [0.15, 0.2) is 5.13 Å². The fraction of sp³-hybridized carbons (Fsp3) is 0.118.